The maximum atomic E-state index is 5.02. The second-order valence-corrected chi connectivity index (χ2v) is 4.03. The first-order chi connectivity index (χ1) is 8.31. The lowest BCUT2D eigenvalue weighted by atomic mass is 10.0. The lowest BCUT2D eigenvalue weighted by molar-refractivity contribution is 0.220. The quantitative estimate of drug-likeness (QED) is 0.847. The third-order valence-corrected chi connectivity index (χ3v) is 2.73. The van der Waals surface area contributed by atoms with E-state index in [-0.39, 0.29) is 0 Å². The van der Waals surface area contributed by atoms with Gasteiger partial charge in [-0.1, -0.05) is 49.0 Å². The van der Waals surface area contributed by atoms with Crippen molar-refractivity contribution in [1.29, 1.82) is 0 Å². The van der Waals surface area contributed by atoms with Crippen LogP contribution in [0.25, 0.3) is 10.8 Å². The zero-order valence-corrected chi connectivity index (χ0v) is 10.1. The van der Waals surface area contributed by atoms with Gasteiger partial charge in [-0.25, -0.2) is 0 Å². The van der Waals surface area contributed by atoms with Gasteiger partial charge in [0.1, 0.15) is 0 Å². The summed E-state index contributed by atoms with van der Waals surface area (Å²) in [7, 11) is 1.67. The maximum Gasteiger partial charge on any atom is 0.0852 e. The summed E-state index contributed by atoms with van der Waals surface area (Å²) in [4.78, 5) is 0. The van der Waals surface area contributed by atoms with Crippen molar-refractivity contribution in [2.45, 2.75) is 6.54 Å². The van der Waals surface area contributed by atoms with E-state index in [1.54, 1.807) is 7.11 Å². The van der Waals surface area contributed by atoms with Gasteiger partial charge in [0.2, 0.25) is 0 Å². The van der Waals surface area contributed by atoms with Gasteiger partial charge in [0.15, 0.2) is 0 Å². The standard InChI is InChI=1S/C15H17NO/c1-12(11-17-2)16-10-14-8-5-7-13-6-3-4-9-15(13)14/h3-9,16H,1,10-11H2,2H3. The fourth-order valence-electron chi connectivity index (χ4n) is 1.89. The number of hydrogen-bond acceptors (Lipinski definition) is 2. The molecule has 0 atom stereocenters. The first kappa shape index (κ1) is 11.7. The highest BCUT2D eigenvalue weighted by Crippen LogP contribution is 2.18. The maximum absolute atomic E-state index is 5.02. The van der Waals surface area contributed by atoms with Gasteiger partial charge < -0.3 is 10.1 Å². The van der Waals surface area contributed by atoms with Crippen LogP contribution in [0.1, 0.15) is 5.56 Å². The summed E-state index contributed by atoms with van der Waals surface area (Å²) in [5, 5.41) is 5.83. The zero-order chi connectivity index (χ0) is 12.1. The molecule has 0 aromatic heterocycles. The Bertz CT molecular complexity index is 514. The van der Waals surface area contributed by atoms with E-state index >= 15 is 0 Å². The van der Waals surface area contributed by atoms with E-state index in [2.05, 4.69) is 54.4 Å². The highest BCUT2D eigenvalue weighted by Gasteiger charge is 2.00. The molecule has 2 rings (SSSR count). The van der Waals surface area contributed by atoms with Crippen LogP contribution in [0.2, 0.25) is 0 Å². The summed E-state index contributed by atoms with van der Waals surface area (Å²) in [5.74, 6) is 0. The Labute approximate surface area is 102 Å². The second kappa shape index (κ2) is 5.51. The first-order valence-corrected chi connectivity index (χ1v) is 5.68. The highest BCUT2D eigenvalue weighted by molar-refractivity contribution is 5.85. The molecule has 0 bridgehead atoms. The van der Waals surface area contributed by atoms with Crippen LogP contribution in [0.15, 0.2) is 54.7 Å². The molecule has 2 nitrogen and oxygen atoms in total. The van der Waals surface area contributed by atoms with E-state index in [1.165, 1.54) is 16.3 Å². The Morgan fingerprint density at radius 3 is 2.76 bits per heavy atom. The molecule has 0 aliphatic rings. The number of ether oxygens (including phenoxy) is 1. The van der Waals surface area contributed by atoms with Crippen LogP contribution in [0.3, 0.4) is 0 Å². The number of benzene rings is 2. The second-order valence-electron chi connectivity index (χ2n) is 4.03. The molecule has 0 spiro atoms. The molecule has 88 valence electrons. The van der Waals surface area contributed by atoms with Crippen LogP contribution in [-0.4, -0.2) is 13.7 Å². The molecular formula is C15H17NO. The molecule has 1 N–H and O–H groups in total. The number of methoxy groups -OCH3 is 1. The zero-order valence-electron chi connectivity index (χ0n) is 10.1. The minimum absolute atomic E-state index is 0.546. The van der Waals surface area contributed by atoms with E-state index in [9.17, 15) is 0 Å². The molecule has 0 fully saturated rings. The minimum atomic E-state index is 0.546. The van der Waals surface area contributed by atoms with Crippen LogP contribution in [-0.2, 0) is 11.3 Å². The minimum Gasteiger partial charge on any atom is -0.383 e. The molecule has 0 radical (unpaired) electrons. The first-order valence-electron chi connectivity index (χ1n) is 5.68. The molecule has 2 heteroatoms. The topological polar surface area (TPSA) is 21.3 Å². The van der Waals surface area contributed by atoms with E-state index in [0.29, 0.717) is 6.61 Å². The largest absolute Gasteiger partial charge is 0.383 e. The molecule has 0 saturated heterocycles. The normalized spacial score (nSPS) is 10.4. The fraction of sp³-hybridized carbons (Fsp3) is 0.200. The monoisotopic (exact) mass is 227 g/mol. The van der Waals surface area contributed by atoms with Crippen molar-refractivity contribution >= 4 is 10.8 Å². The van der Waals surface area contributed by atoms with Crippen molar-refractivity contribution in [1.82, 2.24) is 5.32 Å². The predicted octanol–water partition coefficient (Wildman–Crippen LogP) is 3.09. The van der Waals surface area contributed by atoms with Gasteiger partial charge in [0, 0.05) is 19.4 Å². The van der Waals surface area contributed by atoms with E-state index in [1.807, 2.05) is 0 Å². The third kappa shape index (κ3) is 2.86. The van der Waals surface area contributed by atoms with Gasteiger partial charge >= 0.3 is 0 Å². The molecule has 0 heterocycles. The van der Waals surface area contributed by atoms with E-state index in [0.717, 1.165) is 12.2 Å². The number of rotatable bonds is 5. The van der Waals surface area contributed by atoms with Gasteiger partial charge in [-0.2, -0.15) is 0 Å². The molecule has 17 heavy (non-hydrogen) atoms. The van der Waals surface area contributed by atoms with Crippen molar-refractivity contribution in [3.05, 3.63) is 60.3 Å². The van der Waals surface area contributed by atoms with E-state index in [4.69, 9.17) is 4.74 Å². The third-order valence-electron chi connectivity index (χ3n) is 2.73. The molecular weight excluding hydrogens is 210 g/mol. The summed E-state index contributed by atoms with van der Waals surface area (Å²) in [6, 6.07) is 14.7. The Hall–Kier alpha value is -1.80. The number of hydrogen-bond donors (Lipinski definition) is 1. The highest BCUT2D eigenvalue weighted by atomic mass is 16.5. The lowest BCUT2D eigenvalue weighted by Crippen LogP contribution is -2.15. The summed E-state index contributed by atoms with van der Waals surface area (Å²) in [5.41, 5.74) is 2.18. The summed E-state index contributed by atoms with van der Waals surface area (Å²) < 4.78 is 5.02. The Kier molecular flexibility index (Phi) is 3.78. The Morgan fingerprint density at radius 2 is 1.94 bits per heavy atom. The average Bonchev–Trinajstić information content (AvgIpc) is 2.36. The number of nitrogens with one attached hydrogen (secondary N) is 1. The number of fused-ring (bicyclic) bond motifs is 1. The van der Waals surface area contributed by atoms with E-state index < -0.39 is 0 Å². The van der Waals surface area contributed by atoms with Crippen molar-refractivity contribution in [2.24, 2.45) is 0 Å². The predicted molar refractivity (Wildman–Crippen MR) is 71.8 cm³/mol. The van der Waals surface area contributed by atoms with Gasteiger partial charge in [0.05, 0.1) is 6.61 Å². The summed E-state index contributed by atoms with van der Waals surface area (Å²) in [6.45, 7) is 5.23. The van der Waals surface area contributed by atoms with Gasteiger partial charge in [-0.05, 0) is 16.3 Å². The summed E-state index contributed by atoms with van der Waals surface area (Å²) in [6.07, 6.45) is 0. The van der Waals surface area contributed by atoms with Crippen LogP contribution in [0.4, 0.5) is 0 Å². The Morgan fingerprint density at radius 1 is 1.18 bits per heavy atom. The van der Waals surface area contributed by atoms with Gasteiger partial charge in [-0.15, -0.1) is 0 Å². The molecule has 2 aromatic rings. The SMILES string of the molecule is C=C(COC)NCc1cccc2ccccc12. The van der Waals surface area contributed by atoms with Gasteiger partial charge in [0.25, 0.3) is 0 Å². The van der Waals surface area contributed by atoms with Gasteiger partial charge in [-0.3, -0.25) is 0 Å². The molecule has 0 aliphatic heterocycles. The molecule has 2 aromatic carbocycles. The summed E-state index contributed by atoms with van der Waals surface area (Å²) >= 11 is 0. The Balaban J connectivity index is 2.16. The fourth-order valence-corrected chi connectivity index (χ4v) is 1.89. The lowest BCUT2D eigenvalue weighted by Gasteiger charge is -2.10. The molecule has 0 aliphatic carbocycles. The van der Waals surface area contributed by atoms with Crippen molar-refractivity contribution in [3.8, 4) is 0 Å². The van der Waals surface area contributed by atoms with Crippen LogP contribution in [0, 0.1) is 0 Å². The van der Waals surface area contributed by atoms with Crippen molar-refractivity contribution < 1.29 is 4.74 Å². The van der Waals surface area contributed by atoms with Crippen molar-refractivity contribution in [3.63, 3.8) is 0 Å². The van der Waals surface area contributed by atoms with Crippen LogP contribution >= 0.6 is 0 Å². The van der Waals surface area contributed by atoms with Crippen molar-refractivity contribution in [2.75, 3.05) is 13.7 Å². The molecule has 0 saturated carbocycles. The molecule has 0 unspecified atom stereocenters. The smallest absolute Gasteiger partial charge is 0.0852 e. The van der Waals surface area contributed by atoms with Crippen LogP contribution < -0.4 is 5.32 Å². The van der Waals surface area contributed by atoms with Crippen LogP contribution in [0.5, 0.6) is 0 Å². The molecule has 0 amide bonds. The average molecular weight is 227 g/mol.